The van der Waals surface area contributed by atoms with Gasteiger partial charge in [0.15, 0.2) is 0 Å². The fraction of sp³-hybridized carbons (Fsp3) is 0.571. The van der Waals surface area contributed by atoms with Gasteiger partial charge in [-0.15, -0.1) is 0 Å². The van der Waals surface area contributed by atoms with Crippen LogP contribution < -0.4 is 5.32 Å². The molecular formula is C14H19BrN2O. The number of nitrogens with zero attached hydrogens (tertiary/aromatic N) is 1. The smallest absolute Gasteiger partial charge is 0.270 e. The van der Waals surface area contributed by atoms with Gasteiger partial charge in [0.1, 0.15) is 5.69 Å². The summed E-state index contributed by atoms with van der Waals surface area (Å²) in [7, 11) is 0. The van der Waals surface area contributed by atoms with Crippen LogP contribution in [-0.2, 0) is 0 Å². The molecule has 0 aliphatic heterocycles. The minimum atomic E-state index is -0.0553. The molecule has 2 rings (SSSR count). The van der Waals surface area contributed by atoms with E-state index in [0.29, 0.717) is 5.69 Å². The zero-order chi connectivity index (χ0) is 13.0. The van der Waals surface area contributed by atoms with Crippen molar-refractivity contribution in [3.63, 3.8) is 0 Å². The first-order valence-corrected chi connectivity index (χ1v) is 7.55. The van der Waals surface area contributed by atoms with Gasteiger partial charge in [-0.25, -0.2) is 0 Å². The van der Waals surface area contributed by atoms with Crippen LogP contribution in [0.5, 0.6) is 0 Å². The predicted octanol–water partition coefficient (Wildman–Crippen LogP) is 3.08. The number of hydrogen-bond donors (Lipinski definition) is 1. The molecule has 0 aromatic carbocycles. The van der Waals surface area contributed by atoms with E-state index in [1.54, 1.807) is 6.20 Å². The molecule has 18 heavy (non-hydrogen) atoms. The first kappa shape index (κ1) is 13.5. The minimum Gasteiger partial charge on any atom is -0.350 e. The zero-order valence-electron chi connectivity index (χ0n) is 10.7. The van der Waals surface area contributed by atoms with E-state index in [0.717, 1.165) is 17.4 Å². The molecule has 1 fully saturated rings. The van der Waals surface area contributed by atoms with Gasteiger partial charge in [0.2, 0.25) is 0 Å². The molecule has 4 heteroatoms. The third kappa shape index (κ3) is 2.91. The summed E-state index contributed by atoms with van der Waals surface area (Å²) in [5.41, 5.74) is 1.72. The van der Waals surface area contributed by atoms with Crippen molar-refractivity contribution in [3.05, 3.63) is 29.6 Å². The highest BCUT2D eigenvalue weighted by molar-refractivity contribution is 9.09. The molecular weight excluding hydrogens is 292 g/mol. The van der Waals surface area contributed by atoms with Crippen molar-refractivity contribution in [2.75, 3.05) is 11.9 Å². The van der Waals surface area contributed by atoms with E-state index in [2.05, 4.69) is 26.2 Å². The van der Waals surface area contributed by atoms with Crippen LogP contribution in [-0.4, -0.2) is 22.8 Å². The third-order valence-corrected chi connectivity index (χ3v) is 4.99. The molecule has 0 saturated heterocycles. The number of pyridine rings is 1. The maximum Gasteiger partial charge on any atom is 0.270 e. The number of carbonyl (C=O) groups is 1. The molecule has 3 nitrogen and oxygen atoms in total. The number of carbonyl (C=O) groups excluding carboxylic acids is 1. The lowest BCUT2D eigenvalue weighted by Gasteiger charge is -2.26. The quantitative estimate of drug-likeness (QED) is 0.868. The average molecular weight is 311 g/mol. The van der Waals surface area contributed by atoms with Gasteiger partial charge >= 0.3 is 0 Å². The standard InChI is InChI=1S/C14H19BrN2O/c1-11-5-4-8-16-12(11)13(18)17-10-14(9-15)6-2-3-7-14/h4-5,8H,2-3,6-7,9-10H2,1H3,(H,17,18). The molecule has 1 heterocycles. The van der Waals surface area contributed by atoms with Crippen LogP contribution in [0.25, 0.3) is 0 Å². The van der Waals surface area contributed by atoms with E-state index in [-0.39, 0.29) is 11.3 Å². The molecule has 1 aliphatic carbocycles. The Morgan fingerprint density at radius 3 is 2.83 bits per heavy atom. The van der Waals surface area contributed by atoms with Crippen LogP contribution in [0, 0.1) is 12.3 Å². The Hall–Kier alpha value is -0.900. The lowest BCUT2D eigenvalue weighted by Crippen LogP contribution is -2.37. The van der Waals surface area contributed by atoms with Gasteiger partial charge < -0.3 is 5.32 Å². The number of aromatic nitrogens is 1. The second-order valence-corrected chi connectivity index (χ2v) is 5.75. The van der Waals surface area contributed by atoms with E-state index in [9.17, 15) is 4.79 Å². The minimum absolute atomic E-state index is 0.0553. The largest absolute Gasteiger partial charge is 0.350 e. The van der Waals surface area contributed by atoms with Crippen LogP contribution in [0.1, 0.15) is 41.7 Å². The van der Waals surface area contributed by atoms with Crippen molar-refractivity contribution in [3.8, 4) is 0 Å². The van der Waals surface area contributed by atoms with Crippen molar-refractivity contribution in [1.29, 1.82) is 0 Å². The summed E-state index contributed by atoms with van der Waals surface area (Å²) < 4.78 is 0. The van der Waals surface area contributed by atoms with Gasteiger partial charge in [0.25, 0.3) is 5.91 Å². The lowest BCUT2D eigenvalue weighted by atomic mass is 9.89. The van der Waals surface area contributed by atoms with Crippen molar-refractivity contribution in [1.82, 2.24) is 10.3 Å². The van der Waals surface area contributed by atoms with Gasteiger partial charge in [-0.05, 0) is 36.8 Å². The van der Waals surface area contributed by atoms with Crippen molar-refractivity contribution in [2.45, 2.75) is 32.6 Å². The monoisotopic (exact) mass is 310 g/mol. The van der Waals surface area contributed by atoms with Crippen LogP contribution in [0.3, 0.4) is 0 Å². The Morgan fingerprint density at radius 2 is 2.22 bits per heavy atom. The number of halogens is 1. The number of nitrogens with one attached hydrogen (secondary N) is 1. The molecule has 0 radical (unpaired) electrons. The van der Waals surface area contributed by atoms with Gasteiger partial charge in [0.05, 0.1) is 0 Å². The number of hydrogen-bond acceptors (Lipinski definition) is 2. The molecule has 1 aromatic heterocycles. The van der Waals surface area contributed by atoms with Crippen molar-refractivity contribution in [2.24, 2.45) is 5.41 Å². The third-order valence-electron chi connectivity index (χ3n) is 3.80. The highest BCUT2D eigenvalue weighted by Crippen LogP contribution is 2.38. The summed E-state index contributed by atoms with van der Waals surface area (Å²) in [5.74, 6) is -0.0553. The Kier molecular flexibility index (Phi) is 4.38. The van der Waals surface area contributed by atoms with E-state index < -0.39 is 0 Å². The molecule has 0 unspecified atom stereocenters. The van der Waals surface area contributed by atoms with Crippen LogP contribution in [0.2, 0.25) is 0 Å². The second-order valence-electron chi connectivity index (χ2n) is 5.19. The zero-order valence-corrected chi connectivity index (χ0v) is 12.3. The number of alkyl halides is 1. The summed E-state index contributed by atoms with van der Waals surface area (Å²) in [6.45, 7) is 2.66. The molecule has 1 aromatic rings. The van der Waals surface area contributed by atoms with E-state index in [1.807, 2.05) is 19.1 Å². The summed E-state index contributed by atoms with van der Waals surface area (Å²) in [4.78, 5) is 16.2. The first-order chi connectivity index (χ1) is 8.67. The van der Waals surface area contributed by atoms with E-state index >= 15 is 0 Å². The summed E-state index contributed by atoms with van der Waals surface area (Å²) in [6.07, 6.45) is 6.59. The summed E-state index contributed by atoms with van der Waals surface area (Å²) in [5, 5.41) is 4.00. The Bertz CT molecular complexity index is 428. The van der Waals surface area contributed by atoms with Crippen LogP contribution in [0.4, 0.5) is 0 Å². The molecule has 0 atom stereocenters. The molecule has 98 valence electrons. The van der Waals surface area contributed by atoms with Gasteiger partial charge in [-0.1, -0.05) is 34.8 Å². The van der Waals surface area contributed by atoms with Crippen LogP contribution in [0.15, 0.2) is 18.3 Å². The van der Waals surface area contributed by atoms with E-state index in [1.165, 1.54) is 25.7 Å². The highest BCUT2D eigenvalue weighted by Gasteiger charge is 2.33. The molecule has 0 spiro atoms. The molecule has 1 N–H and O–H groups in total. The molecule has 1 saturated carbocycles. The number of amides is 1. The normalized spacial score (nSPS) is 17.7. The fourth-order valence-corrected chi connectivity index (χ4v) is 3.32. The summed E-state index contributed by atoms with van der Waals surface area (Å²) in [6, 6.07) is 3.76. The maximum absolute atomic E-state index is 12.1. The highest BCUT2D eigenvalue weighted by atomic mass is 79.9. The number of rotatable bonds is 4. The van der Waals surface area contributed by atoms with Gasteiger partial charge in [-0.3, -0.25) is 9.78 Å². The van der Waals surface area contributed by atoms with Gasteiger partial charge in [0, 0.05) is 18.1 Å². The lowest BCUT2D eigenvalue weighted by molar-refractivity contribution is 0.0930. The number of aryl methyl sites for hydroxylation is 1. The van der Waals surface area contributed by atoms with Crippen LogP contribution >= 0.6 is 15.9 Å². The summed E-state index contributed by atoms with van der Waals surface area (Å²) >= 11 is 3.59. The Labute approximate surface area is 117 Å². The van der Waals surface area contributed by atoms with Crippen molar-refractivity contribution < 1.29 is 4.79 Å². The van der Waals surface area contributed by atoms with Crippen molar-refractivity contribution >= 4 is 21.8 Å². The Balaban J connectivity index is 1.98. The topological polar surface area (TPSA) is 42.0 Å². The average Bonchev–Trinajstić information content (AvgIpc) is 2.86. The second kappa shape index (κ2) is 5.83. The molecule has 1 aliphatic rings. The van der Waals surface area contributed by atoms with Gasteiger partial charge in [-0.2, -0.15) is 0 Å². The fourth-order valence-electron chi connectivity index (χ4n) is 2.56. The SMILES string of the molecule is Cc1cccnc1C(=O)NCC1(CBr)CCCC1. The first-order valence-electron chi connectivity index (χ1n) is 6.43. The Morgan fingerprint density at radius 1 is 1.50 bits per heavy atom. The molecule has 0 bridgehead atoms. The maximum atomic E-state index is 12.1. The molecule has 1 amide bonds. The van der Waals surface area contributed by atoms with E-state index in [4.69, 9.17) is 0 Å². The predicted molar refractivity (Wildman–Crippen MR) is 76.0 cm³/mol.